The number of hydrogen-bond acceptors (Lipinski definition) is 1. The Kier molecular flexibility index (Phi) is 3.83. The molecule has 0 bridgehead atoms. The summed E-state index contributed by atoms with van der Waals surface area (Å²) in [6.45, 7) is 3.87. The Hall–Kier alpha value is -1.02. The van der Waals surface area contributed by atoms with E-state index in [1.54, 1.807) is 0 Å². The van der Waals surface area contributed by atoms with E-state index >= 15 is 0 Å². The molecular weight excluding hydrogens is 216 g/mol. The van der Waals surface area contributed by atoms with Crippen LogP contribution >= 0.6 is 0 Å². The van der Waals surface area contributed by atoms with Gasteiger partial charge in [-0.2, -0.15) is 0 Å². The van der Waals surface area contributed by atoms with Crippen LogP contribution in [-0.4, -0.2) is 22.5 Å². The molecule has 2 heteroatoms. The molecule has 2 atom stereocenters. The Morgan fingerprint density at radius 1 is 1.44 bits per heavy atom. The average molecular weight is 233 g/mol. The summed E-state index contributed by atoms with van der Waals surface area (Å²) in [6.07, 6.45) is 4.50. The first kappa shape index (κ1) is 11.5. The highest BCUT2D eigenvalue weighted by molar-refractivity contribution is 7.98. The zero-order chi connectivity index (χ0) is 11.4. The zero-order valence-corrected chi connectivity index (χ0v) is 10.2. The molecule has 0 amide bonds. The number of carbonyl (C=O) groups is 1. The number of carbonyl (C=O) groups excluding carboxylic acids is 1. The van der Waals surface area contributed by atoms with Crippen molar-refractivity contribution in [3.8, 4) is 0 Å². The Morgan fingerprint density at radius 2 is 2.19 bits per heavy atom. The predicted octanol–water partition coefficient (Wildman–Crippen LogP) is 2.84. The van der Waals surface area contributed by atoms with Gasteiger partial charge in [-0.3, -0.25) is 4.79 Å². The average Bonchev–Trinajstić information content (AvgIpc) is 2.77. The molecule has 16 heavy (non-hydrogen) atoms. The third-order valence-corrected chi connectivity index (χ3v) is 5.73. The molecule has 0 aliphatic carbocycles. The van der Waals surface area contributed by atoms with Gasteiger partial charge < -0.3 is 0 Å². The summed E-state index contributed by atoms with van der Waals surface area (Å²) < 4.78 is 0. The minimum Gasteiger partial charge on any atom is -0.289 e. The summed E-state index contributed by atoms with van der Waals surface area (Å²) in [4.78, 5) is 12.0. The molecule has 1 fully saturated rings. The van der Waals surface area contributed by atoms with Gasteiger partial charge in [-0.05, 0) is 12.5 Å². The first-order valence-corrected chi connectivity index (χ1v) is 7.31. The Morgan fingerprint density at radius 3 is 2.88 bits per heavy atom. The first-order valence-electron chi connectivity index (χ1n) is 5.68. The number of ketones is 1. The topological polar surface area (TPSA) is 17.1 Å². The maximum absolute atomic E-state index is 12.0. The van der Waals surface area contributed by atoms with Crippen LogP contribution in [0, 0.1) is 0 Å². The molecule has 2 unspecified atom stereocenters. The van der Waals surface area contributed by atoms with Crippen LogP contribution in [0.3, 0.4) is 0 Å². The van der Waals surface area contributed by atoms with Crippen molar-refractivity contribution in [1.29, 1.82) is 0 Å². The fourth-order valence-electron chi connectivity index (χ4n) is 2.10. The van der Waals surface area contributed by atoms with Gasteiger partial charge in [0.15, 0.2) is 5.75 Å². The van der Waals surface area contributed by atoms with Gasteiger partial charge >= 0.3 is 0 Å². The van der Waals surface area contributed by atoms with Gasteiger partial charge in [0.25, 0.3) is 0 Å². The van der Waals surface area contributed by atoms with Gasteiger partial charge in [0.2, 0.25) is 5.78 Å². The zero-order valence-electron chi connectivity index (χ0n) is 9.39. The van der Waals surface area contributed by atoms with Crippen LogP contribution in [0.4, 0.5) is 0 Å². The van der Waals surface area contributed by atoms with E-state index in [2.05, 4.69) is 6.58 Å². The molecule has 1 aromatic carbocycles. The van der Waals surface area contributed by atoms with Crippen molar-refractivity contribution >= 4 is 16.7 Å². The summed E-state index contributed by atoms with van der Waals surface area (Å²) in [6, 6.07) is 9.61. The molecule has 1 heterocycles. The van der Waals surface area contributed by atoms with Crippen molar-refractivity contribution in [3.63, 3.8) is 0 Å². The van der Waals surface area contributed by atoms with E-state index < -0.39 is 0 Å². The molecule has 0 spiro atoms. The minimum absolute atomic E-state index is 0.237. The Bertz CT molecular complexity index is 372. The molecule has 0 aromatic heterocycles. The van der Waals surface area contributed by atoms with Crippen LogP contribution in [0.15, 0.2) is 43.0 Å². The van der Waals surface area contributed by atoms with Crippen molar-refractivity contribution in [3.05, 3.63) is 48.6 Å². The second-order valence-corrected chi connectivity index (χ2v) is 6.47. The lowest BCUT2D eigenvalue weighted by atomic mass is 10.2. The molecule has 0 N–H and O–H groups in total. The molecule has 1 aromatic rings. The number of Topliss-reactive ketones (excluding diaryl/α,β-unsaturated/α-hetero) is 1. The van der Waals surface area contributed by atoms with Crippen LogP contribution in [0.25, 0.3) is 0 Å². The third kappa shape index (κ3) is 2.56. The fourth-order valence-corrected chi connectivity index (χ4v) is 4.57. The molecular formula is C14H17OS+. The Balaban J connectivity index is 2.00. The molecule has 2 rings (SSSR count). The van der Waals surface area contributed by atoms with Crippen molar-refractivity contribution in [2.45, 2.75) is 18.1 Å². The Labute approximate surface area is 99.9 Å². The molecule has 0 radical (unpaired) electrons. The van der Waals surface area contributed by atoms with Crippen LogP contribution in [0.5, 0.6) is 0 Å². The monoisotopic (exact) mass is 233 g/mol. The van der Waals surface area contributed by atoms with Crippen molar-refractivity contribution < 1.29 is 4.79 Å². The summed E-state index contributed by atoms with van der Waals surface area (Å²) >= 11 is 0. The van der Waals surface area contributed by atoms with Gasteiger partial charge in [0, 0.05) is 22.9 Å². The van der Waals surface area contributed by atoms with E-state index in [0.29, 0.717) is 11.0 Å². The largest absolute Gasteiger partial charge is 0.289 e. The second kappa shape index (κ2) is 5.35. The number of rotatable bonds is 4. The van der Waals surface area contributed by atoms with E-state index in [0.717, 1.165) is 5.56 Å². The van der Waals surface area contributed by atoms with Gasteiger partial charge in [0.05, 0.1) is 0 Å². The summed E-state index contributed by atoms with van der Waals surface area (Å²) in [5.41, 5.74) is 0.852. The lowest BCUT2D eigenvalue weighted by Gasteiger charge is -2.06. The molecule has 1 aliphatic heterocycles. The highest BCUT2D eigenvalue weighted by atomic mass is 32.2. The SMILES string of the molecule is C=CC1CCC[S+]1CC(=O)c1ccccc1. The van der Waals surface area contributed by atoms with Gasteiger partial charge in [-0.1, -0.05) is 36.9 Å². The molecule has 1 nitrogen and oxygen atoms in total. The maximum atomic E-state index is 12.0. The van der Waals surface area contributed by atoms with E-state index in [1.165, 1.54) is 18.6 Å². The second-order valence-electron chi connectivity index (χ2n) is 4.09. The number of hydrogen-bond donors (Lipinski definition) is 0. The summed E-state index contributed by atoms with van der Waals surface area (Å²) in [5, 5.41) is 0.577. The smallest absolute Gasteiger partial charge is 0.211 e. The highest BCUT2D eigenvalue weighted by Gasteiger charge is 2.35. The first-order chi connectivity index (χ1) is 7.81. The highest BCUT2D eigenvalue weighted by Crippen LogP contribution is 2.24. The van der Waals surface area contributed by atoms with Gasteiger partial charge in [-0.25, -0.2) is 0 Å². The quantitative estimate of drug-likeness (QED) is 0.444. The molecule has 0 saturated carbocycles. The molecule has 84 valence electrons. The van der Waals surface area contributed by atoms with Crippen LogP contribution in [-0.2, 0) is 10.9 Å². The van der Waals surface area contributed by atoms with Gasteiger partial charge in [-0.15, -0.1) is 0 Å². The van der Waals surface area contributed by atoms with E-state index in [9.17, 15) is 4.79 Å². The summed E-state index contributed by atoms with van der Waals surface area (Å²) in [5.74, 6) is 2.20. The molecule has 1 saturated heterocycles. The van der Waals surface area contributed by atoms with E-state index in [1.807, 2.05) is 36.4 Å². The lowest BCUT2D eigenvalue weighted by molar-refractivity contribution is 0.102. The van der Waals surface area contributed by atoms with Crippen LogP contribution in [0.2, 0.25) is 0 Å². The van der Waals surface area contributed by atoms with Crippen LogP contribution in [0.1, 0.15) is 23.2 Å². The maximum Gasteiger partial charge on any atom is 0.211 e. The normalized spacial score (nSPS) is 24.2. The fraction of sp³-hybridized carbons (Fsp3) is 0.357. The van der Waals surface area contributed by atoms with E-state index in [-0.39, 0.29) is 16.7 Å². The van der Waals surface area contributed by atoms with Crippen molar-refractivity contribution in [2.75, 3.05) is 11.5 Å². The summed E-state index contributed by atoms with van der Waals surface area (Å²) in [7, 11) is 0.237. The third-order valence-electron chi connectivity index (χ3n) is 3.00. The van der Waals surface area contributed by atoms with Gasteiger partial charge in [0.1, 0.15) is 11.0 Å². The number of benzene rings is 1. The predicted molar refractivity (Wildman–Crippen MR) is 71.1 cm³/mol. The standard InChI is InChI=1S/C14H17OS/c1-2-13-9-6-10-16(13)11-14(15)12-7-4-3-5-8-12/h2-5,7-8,13H,1,6,9-11H2/q+1. The molecule has 1 aliphatic rings. The van der Waals surface area contributed by atoms with Crippen molar-refractivity contribution in [2.24, 2.45) is 0 Å². The van der Waals surface area contributed by atoms with Crippen molar-refractivity contribution in [1.82, 2.24) is 0 Å². The lowest BCUT2D eigenvalue weighted by Crippen LogP contribution is -2.23. The minimum atomic E-state index is 0.237. The van der Waals surface area contributed by atoms with E-state index in [4.69, 9.17) is 0 Å². The van der Waals surface area contributed by atoms with Crippen LogP contribution < -0.4 is 0 Å².